The molecule has 3 aromatic carbocycles. The molecule has 0 saturated heterocycles. The number of hydrogen-bond donors (Lipinski definition) is 0. The Kier molecular flexibility index (Phi) is 6.58. The van der Waals surface area contributed by atoms with Crippen LogP contribution in [0.15, 0.2) is 82.1 Å². The Balaban J connectivity index is 1.63. The van der Waals surface area contributed by atoms with Gasteiger partial charge in [0.05, 0.1) is 28.5 Å². The lowest BCUT2D eigenvalue weighted by Gasteiger charge is -2.25. The number of fused-ring (bicyclic) bond motifs is 2. The fourth-order valence-electron chi connectivity index (χ4n) is 4.76. The molecule has 0 fully saturated rings. The molecule has 196 valence electrons. The fourth-order valence-corrected chi connectivity index (χ4v) is 5.87. The summed E-state index contributed by atoms with van der Waals surface area (Å²) in [5.74, 6) is 0.788. The van der Waals surface area contributed by atoms with Crippen molar-refractivity contribution in [2.75, 3.05) is 13.4 Å². The zero-order valence-electron chi connectivity index (χ0n) is 21.1. The molecule has 39 heavy (non-hydrogen) atoms. The molecule has 1 atom stereocenters. The summed E-state index contributed by atoms with van der Waals surface area (Å²) >= 11 is 7.46. The van der Waals surface area contributed by atoms with E-state index in [-0.39, 0.29) is 19.0 Å². The first-order valence-electron chi connectivity index (χ1n) is 12.4. The van der Waals surface area contributed by atoms with Crippen LogP contribution in [0.3, 0.4) is 0 Å². The fraction of sp³-hybridized carbons (Fsp3) is 0.167. The Morgan fingerprint density at radius 3 is 2.56 bits per heavy atom. The lowest BCUT2D eigenvalue weighted by Crippen LogP contribution is -2.40. The van der Waals surface area contributed by atoms with Gasteiger partial charge < -0.3 is 14.2 Å². The highest BCUT2D eigenvalue weighted by Gasteiger charge is 2.35. The Labute approximate surface area is 232 Å². The number of benzene rings is 3. The van der Waals surface area contributed by atoms with Crippen molar-refractivity contribution in [2.45, 2.75) is 19.9 Å². The summed E-state index contributed by atoms with van der Waals surface area (Å²) in [5, 5.41) is 0.550. The predicted molar refractivity (Wildman–Crippen MR) is 150 cm³/mol. The predicted octanol–water partition coefficient (Wildman–Crippen LogP) is 4.63. The van der Waals surface area contributed by atoms with Gasteiger partial charge in [0.25, 0.3) is 5.56 Å². The van der Waals surface area contributed by atoms with Crippen LogP contribution in [0, 0.1) is 6.92 Å². The Morgan fingerprint density at radius 2 is 1.85 bits per heavy atom. The number of hydrogen-bond acceptors (Lipinski definition) is 7. The minimum absolute atomic E-state index is 0.167. The van der Waals surface area contributed by atoms with E-state index < -0.39 is 12.0 Å². The number of rotatable bonds is 5. The summed E-state index contributed by atoms with van der Waals surface area (Å²) in [6.07, 6.45) is 1.83. The Morgan fingerprint density at radius 1 is 1.13 bits per heavy atom. The second-order valence-electron chi connectivity index (χ2n) is 9.05. The third-order valence-electron chi connectivity index (χ3n) is 6.61. The van der Waals surface area contributed by atoms with Gasteiger partial charge in [0.1, 0.15) is 0 Å². The van der Waals surface area contributed by atoms with E-state index in [4.69, 9.17) is 30.8 Å². The maximum Gasteiger partial charge on any atom is 0.338 e. The molecule has 7 nitrogen and oxygen atoms in total. The highest BCUT2D eigenvalue weighted by molar-refractivity contribution is 7.07. The van der Waals surface area contributed by atoms with Gasteiger partial charge in [0, 0.05) is 10.6 Å². The third-order valence-corrected chi connectivity index (χ3v) is 7.84. The molecular weight excluding hydrogens is 536 g/mol. The Hall–Kier alpha value is -4.14. The maximum absolute atomic E-state index is 14.0. The van der Waals surface area contributed by atoms with Crippen molar-refractivity contribution in [2.24, 2.45) is 4.99 Å². The minimum atomic E-state index is -0.757. The molecule has 2 aliphatic rings. The van der Waals surface area contributed by atoms with Crippen molar-refractivity contribution in [3.63, 3.8) is 0 Å². The van der Waals surface area contributed by atoms with Crippen LogP contribution in [-0.2, 0) is 9.53 Å². The molecule has 3 heterocycles. The van der Waals surface area contributed by atoms with Gasteiger partial charge in [-0.1, -0.05) is 65.4 Å². The Bertz CT molecular complexity index is 1810. The number of aromatic nitrogens is 1. The molecule has 2 aliphatic heterocycles. The van der Waals surface area contributed by atoms with Gasteiger partial charge in [0.15, 0.2) is 16.3 Å². The smallest absolute Gasteiger partial charge is 0.338 e. The number of carbonyl (C=O) groups excluding carboxylic acids is 1. The van der Waals surface area contributed by atoms with Crippen molar-refractivity contribution >= 4 is 40.7 Å². The summed E-state index contributed by atoms with van der Waals surface area (Å²) < 4.78 is 18.6. The molecule has 0 spiro atoms. The van der Waals surface area contributed by atoms with Gasteiger partial charge in [-0.2, -0.15) is 0 Å². The highest BCUT2D eigenvalue weighted by atomic mass is 35.5. The first-order valence-corrected chi connectivity index (χ1v) is 13.6. The van der Waals surface area contributed by atoms with Crippen LogP contribution in [0.5, 0.6) is 11.5 Å². The maximum atomic E-state index is 14.0. The molecule has 6 rings (SSSR count). The summed E-state index contributed by atoms with van der Waals surface area (Å²) in [7, 11) is 0. The minimum Gasteiger partial charge on any atom is -0.463 e. The molecule has 0 radical (unpaired) electrons. The van der Waals surface area contributed by atoms with Crippen molar-refractivity contribution in [3.8, 4) is 11.5 Å². The van der Waals surface area contributed by atoms with E-state index in [9.17, 15) is 9.59 Å². The molecule has 0 amide bonds. The average molecular weight is 559 g/mol. The van der Waals surface area contributed by atoms with Crippen LogP contribution in [-0.4, -0.2) is 23.9 Å². The van der Waals surface area contributed by atoms with E-state index in [0.717, 1.165) is 22.3 Å². The van der Waals surface area contributed by atoms with Crippen molar-refractivity contribution in [1.29, 1.82) is 0 Å². The first-order chi connectivity index (χ1) is 18.9. The van der Waals surface area contributed by atoms with E-state index >= 15 is 0 Å². The number of thiazole rings is 1. The quantitative estimate of drug-likeness (QED) is 0.334. The molecule has 0 aliphatic carbocycles. The molecule has 0 saturated carbocycles. The number of carbonyl (C=O) groups is 1. The van der Waals surface area contributed by atoms with E-state index in [1.165, 1.54) is 11.3 Å². The summed E-state index contributed by atoms with van der Waals surface area (Å²) in [6.45, 7) is 4.06. The third kappa shape index (κ3) is 4.56. The number of halogens is 1. The van der Waals surface area contributed by atoms with Crippen LogP contribution < -0.4 is 24.4 Å². The first kappa shape index (κ1) is 25.2. The van der Waals surface area contributed by atoms with Crippen LogP contribution in [0.4, 0.5) is 0 Å². The van der Waals surface area contributed by atoms with Crippen LogP contribution >= 0.6 is 22.9 Å². The molecule has 9 heteroatoms. The zero-order valence-corrected chi connectivity index (χ0v) is 22.7. The van der Waals surface area contributed by atoms with E-state index in [2.05, 4.69) is 0 Å². The second kappa shape index (κ2) is 10.2. The lowest BCUT2D eigenvalue weighted by molar-refractivity contribution is -0.138. The van der Waals surface area contributed by atoms with E-state index in [1.54, 1.807) is 23.6 Å². The summed E-state index contributed by atoms with van der Waals surface area (Å²) in [4.78, 5) is 32.9. The highest BCUT2D eigenvalue weighted by Crippen LogP contribution is 2.36. The molecule has 0 N–H and O–H groups in total. The van der Waals surface area contributed by atoms with Gasteiger partial charge in [-0.25, -0.2) is 9.79 Å². The van der Waals surface area contributed by atoms with Gasteiger partial charge in [-0.05, 0) is 60.9 Å². The molecule has 0 bridgehead atoms. The molecule has 0 unspecified atom stereocenters. The number of aryl methyl sites for hydroxylation is 1. The molecule has 4 aromatic rings. The normalized spacial score (nSPS) is 16.2. The number of nitrogens with zero attached hydrogens (tertiary/aromatic N) is 2. The standard InChI is InChI=1S/C30H23ClN2O5S/c1-3-36-29(35)25-26(18-7-5-4-6-8-18)32-30-33(27(25)19-9-11-21(31)12-10-19)28(34)24(39-30)15-20-14-23-22(13-17(20)2)37-16-38-23/h4-15,27H,3,16H2,1-2H3/b24-15-/t27-/m0/s1. The van der Waals surface area contributed by atoms with Gasteiger partial charge >= 0.3 is 5.97 Å². The zero-order chi connectivity index (χ0) is 27.1. The number of esters is 1. The SMILES string of the molecule is CCOC(=O)C1=C(c2ccccc2)N=c2s/c(=C\c3cc4c(cc3C)OCO4)c(=O)n2[C@H]1c1ccc(Cl)cc1. The second-order valence-corrected chi connectivity index (χ2v) is 10.5. The largest absolute Gasteiger partial charge is 0.463 e. The van der Waals surface area contributed by atoms with Gasteiger partial charge in [-0.15, -0.1) is 0 Å². The van der Waals surface area contributed by atoms with E-state index in [0.29, 0.717) is 37.1 Å². The molecular formula is C30H23ClN2O5S. The monoisotopic (exact) mass is 558 g/mol. The van der Waals surface area contributed by atoms with Crippen LogP contribution in [0.1, 0.15) is 35.2 Å². The molecule has 1 aromatic heterocycles. The van der Waals surface area contributed by atoms with Crippen molar-refractivity contribution in [1.82, 2.24) is 4.57 Å². The summed E-state index contributed by atoms with van der Waals surface area (Å²) in [6, 6.07) is 19.6. The van der Waals surface area contributed by atoms with Gasteiger partial charge in [-0.3, -0.25) is 9.36 Å². The average Bonchev–Trinajstić information content (AvgIpc) is 3.52. The van der Waals surface area contributed by atoms with Crippen LogP contribution in [0.2, 0.25) is 5.02 Å². The number of ether oxygens (including phenoxy) is 3. The van der Waals surface area contributed by atoms with Crippen LogP contribution in [0.25, 0.3) is 11.8 Å². The topological polar surface area (TPSA) is 79.1 Å². The van der Waals surface area contributed by atoms with Crippen molar-refractivity contribution in [3.05, 3.63) is 119 Å². The van der Waals surface area contributed by atoms with Crippen molar-refractivity contribution < 1.29 is 19.0 Å². The van der Waals surface area contributed by atoms with E-state index in [1.807, 2.05) is 67.6 Å². The summed E-state index contributed by atoms with van der Waals surface area (Å²) in [5.41, 5.74) is 3.76. The van der Waals surface area contributed by atoms with Gasteiger partial charge in [0.2, 0.25) is 6.79 Å². The lowest BCUT2D eigenvalue weighted by atomic mass is 9.93.